The van der Waals surface area contributed by atoms with Gasteiger partial charge in [0.2, 0.25) is 0 Å². The van der Waals surface area contributed by atoms with Crippen LogP contribution in [0, 0.1) is 0 Å². The molecule has 0 aromatic carbocycles. The van der Waals surface area contributed by atoms with Gasteiger partial charge < -0.3 is 0 Å². The van der Waals surface area contributed by atoms with Gasteiger partial charge in [0.25, 0.3) is 0 Å². The Morgan fingerprint density at radius 2 is 0.673 bits per heavy atom. The van der Waals surface area contributed by atoms with Crippen molar-refractivity contribution in [2.45, 2.75) is 130 Å². The Hall–Kier alpha value is -4.86. The first kappa shape index (κ1) is 36.9. The topological polar surface area (TPSA) is 97.1 Å². The number of hydrogen-bond acceptors (Lipinski definition) is 6. The largest absolute Gasteiger partial charge is 0.254 e. The average molecular weight is 701 g/mol. The van der Waals surface area contributed by atoms with E-state index in [4.69, 9.17) is 30.4 Å². The molecule has 6 rings (SSSR count). The van der Waals surface area contributed by atoms with E-state index in [1.807, 2.05) is 43.5 Å². The summed E-state index contributed by atoms with van der Waals surface area (Å²) in [4.78, 5) is 10.4. The SMILES string of the molecule is CC(C)(C)c1ccn(C(c2cccc(CCc3cccc(C(n4ccc(C(C)(C)C)n4)n4ccc(C(C)(C)C)n4)n3)n2)n2ccc(C(C)(C)C)n2)n1. The lowest BCUT2D eigenvalue weighted by Crippen LogP contribution is -2.24. The Kier molecular flexibility index (Phi) is 9.66. The fraction of sp³-hybridized carbons (Fsp3) is 0.476. The molecule has 6 aromatic rings. The van der Waals surface area contributed by atoms with Crippen LogP contribution in [0.4, 0.5) is 0 Å². The van der Waals surface area contributed by atoms with E-state index in [-0.39, 0.29) is 34.0 Å². The molecule has 52 heavy (non-hydrogen) atoms. The van der Waals surface area contributed by atoms with Crippen molar-refractivity contribution in [3.8, 4) is 0 Å². The molecule has 0 saturated heterocycles. The summed E-state index contributed by atoms with van der Waals surface area (Å²) in [5, 5.41) is 20.1. The van der Waals surface area contributed by atoms with Crippen molar-refractivity contribution in [2.24, 2.45) is 0 Å². The van der Waals surface area contributed by atoms with Gasteiger partial charge in [-0.05, 0) is 61.4 Å². The lowest BCUT2D eigenvalue weighted by atomic mass is 9.93. The zero-order valence-electron chi connectivity index (χ0n) is 33.1. The maximum absolute atomic E-state index is 5.21. The highest BCUT2D eigenvalue weighted by atomic mass is 15.5. The van der Waals surface area contributed by atoms with Crippen molar-refractivity contribution in [3.05, 3.63) is 131 Å². The van der Waals surface area contributed by atoms with Crippen molar-refractivity contribution in [3.63, 3.8) is 0 Å². The van der Waals surface area contributed by atoms with Crippen LogP contribution in [0.2, 0.25) is 0 Å². The number of nitrogens with zero attached hydrogens (tertiary/aromatic N) is 10. The summed E-state index contributed by atoms with van der Waals surface area (Å²) in [7, 11) is 0. The van der Waals surface area contributed by atoms with Crippen LogP contribution in [0.25, 0.3) is 0 Å². The van der Waals surface area contributed by atoms with Crippen molar-refractivity contribution < 1.29 is 0 Å². The summed E-state index contributed by atoms with van der Waals surface area (Å²) in [5.41, 5.74) is 7.52. The molecule has 0 atom stereocenters. The standard InChI is InChI=1S/C42H56N10/c1-39(2,3)33-21-25-49(45-33)37(50-26-22-34(46-50)40(4,5)6)31-17-13-15-29(43-31)19-20-30-16-14-18-32(44-30)38(51-27-23-35(47-51)41(7,8)9)52-28-24-36(48-52)42(10,11)12/h13-18,21-28,37-38H,19-20H2,1-12H3. The third kappa shape index (κ3) is 8.11. The molecule has 0 saturated carbocycles. The summed E-state index contributed by atoms with van der Waals surface area (Å²) in [5.74, 6) is 0. The Morgan fingerprint density at radius 3 is 0.904 bits per heavy atom. The number of aromatic nitrogens is 10. The number of aryl methyl sites for hydroxylation is 2. The molecule has 10 nitrogen and oxygen atoms in total. The smallest absolute Gasteiger partial charge is 0.185 e. The second-order valence-corrected chi connectivity index (χ2v) is 18.1. The maximum atomic E-state index is 5.21. The molecule has 0 spiro atoms. The molecular weight excluding hydrogens is 645 g/mol. The summed E-state index contributed by atoms with van der Waals surface area (Å²) in [6.45, 7) is 26.2. The lowest BCUT2D eigenvalue weighted by Gasteiger charge is -2.21. The zero-order chi connectivity index (χ0) is 37.6. The Morgan fingerprint density at radius 1 is 0.404 bits per heavy atom. The van der Waals surface area contributed by atoms with E-state index in [9.17, 15) is 0 Å². The van der Waals surface area contributed by atoms with Crippen LogP contribution < -0.4 is 0 Å². The van der Waals surface area contributed by atoms with Crippen molar-refractivity contribution in [1.29, 1.82) is 0 Å². The van der Waals surface area contributed by atoms with Gasteiger partial charge in [-0.15, -0.1) is 0 Å². The second kappa shape index (κ2) is 13.6. The van der Waals surface area contributed by atoms with Crippen LogP contribution in [-0.4, -0.2) is 49.1 Å². The van der Waals surface area contributed by atoms with Crippen molar-refractivity contribution >= 4 is 0 Å². The fourth-order valence-corrected chi connectivity index (χ4v) is 6.10. The fourth-order valence-electron chi connectivity index (χ4n) is 6.10. The molecule has 0 aliphatic heterocycles. The lowest BCUT2D eigenvalue weighted by molar-refractivity contribution is 0.391. The van der Waals surface area contributed by atoms with E-state index in [0.29, 0.717) is 0 Å². The van der Waals surface area contributed by atoms with Gasteiger partial charge in [0.05, 0.1) is 34.2 Å². The molecule has 0 unspecified atom stereocenters. The minimum Gasteiger partial charge on any atom is -0.254 e. The summed E-state index contributed by atoms with van der Waals surface area (Å²) < 4.78 is 7.94. The van der Waals surface area contributed by atoms with Gasteiger partial charge in [0, 0.05) is 57.8 Å². The van der Waals surface area contributed by atoms with E-state index in [1.54, 1.807) is 0 Å². The van der Waals surface area contributed by atoms with Crippen LogP contribution in [0.15, 0.2) is 85.5 Å². The summed E-state index contributed by atoms with van der Waals surface area (Å²) >= 11 is 0. The van der Waals surface area contributed by atoms with E-state index >= 15 is 0 Å². The number of pyridine rings is 2. The van der Waals surface area contributed by atoms with E-state index < -0.39 is 0 Å². The third-order valence-electron chi connectivity index (χ3n) is 9.33. The highest BCUT2D eigenvalue weighted by molar-refractivity contribution is 5.23. The van der Waals surface area contributed by atoms with Gasteiger partial charge >= 0.3 is 0 Å². The Balaban J connectivity index is 1.30. The molecule has 0 radical (unpaired) electrons. The molecule has 274 valence electrons. The van der Waals surface area contributed by atoms with E-state index in [1.165, 1.54) is 0 Å². The van der Waals surface area contributed by atoms with E-state index in [2.05, 4.69) is 144 Å². The first-order valence-electron chi connectivity index (χ1n) is 18.4. The van der Waals surface area contributed by atoms with Gasteiger partial charge in [-0.25, -0.2) is 18.7 Å². The van der Waals surface area contributed by atoms with E-state index in [0.717, 1.165) is 58.4 Å². The number of hydrogen-bond donors (Lipinski definition) is 0. The summed E-state index contributed by atoms with van der Waals surface area (Å²) in [6, 6.07) is 20.9. The highest BCUT2D eigenvalue weighted by Gasteiger charge is 2.27. The Bertz CT molecular complexity index is 1860. The molecule has 0 N–H and O–H groups in total. The molecule has 10 heteroatoms. The van der Waals surface area contributed by atoms with Crippen molar-refractivity contribution in [2.75, 3.05) is 0 Å². The quantitative estimate of drug-likeness (QED) is 0.150. The van der Waals surface area contributed by atoms with Crippen LogP contribution >= 0.6 is 0 Å². The zero-order valence-corrected chi connectivity index (χ0v) is 33.1. The normalized spacial score (nSPS) is 13.1. The first-order valence-corrected chi connectivity index (χ1v) is 18.4. The van der Waals surface area contributed by atoms with Gasteiger partial charge in [0.15, 0.2) is 12.3 Å². The molecular formula is C42H56N10. The van der Waals surface area contributed by atoms with Gasteiger partial charge in [0.1, 0.15) is 0 Å². The molecule has 0 aliphatic carbocycles. The molecule has 6 heterocycles. The highest BCUT2D eigenvalue weighted by Crippen LogP contribution is 2.28. The van der Waals surface area contributed by atoms with Crippen LogP contribution in [0.3, 0.4) is 0 Å². The molecule has 0 aliphatic rings. The van der Waals surface area contributed by atoms with Crippen LogP contribution in [-0.2, 0) is 34.5 Å². The van der Waals surface area contributed by atoms with Gasteiger partial charge in [-0.2, -0.15) is 20.4 Å². The van der Waals surface area contributed by atoms with Crippen LogP contribution in [0.5, 0.6) is 0 Å². The molecule has 0 fully saturated rings. The number of rotatable bonds is 9. The monoisotopic (exact) mass is 700 g/mol. The van der Waals surface area contributed by atoms with Gasteiger partial charge in [-0.3, -0.25) is 9.97 Å². The minimum absolute atomic E-state index is 0.0785. The van der Waals surface area contributed by atoms with Crippen LogP contribution in [0.1, 0.15) is 141 Å². The average Bonchev–Trinajstić information content (AvgIpc) is 3.87. The predicted molar refractivity (Wildman–Crippen MR) is 207 cm³/mol. The van der Waals surface area contributed by atoms with Crippen molar-refractivity contribution in [1.82, 2.24) is 49.1 Å². The van der Waals surface area contributed by atoms with Gasteiger partial charge in [-0.1, -0.05) is 95.2 Å². The maximum Gasteiger partial charge on any atom is 0.185 e. The molecule has 0 bridgehead atoms. The third-order valence-corrected chi connectivity index (χ3v) is 9.33. The predicted octanol–water partition coefficient (Wildman–Crippen LogP) is 8.43. The summed E-state index contributed by atoms with van der Waals surface area (Å²) in [6.07, 6.45) is 8.96. The Labute approximate surface area is 309 Å². The second-order valence-electron chi connectivity index (χ2n) is 18.1. The minimum atomic E-state index is -0.325. The first-order chi connectivity index (χ1) is 24.3. The molecule has 6 aromatic heterocycles. The molecule has 0 amide bonds.